The molecule has 0 atom stereocenters. The fraction of sp³-hybridized carbons (Fsp3) is 0.476. The van der Waals surface area contributed by atoms with Crippen LogP contribution in [0, 0.1) is 0 Å². The molecule has 1 aromatic heterocycles. The summed E-state index contributed by atoms with van der Waals surface area (Å²) in [6, 6.07) is 9.30. The van der Waals surface area contributed by atoms with Gasteiger partial charge in [0.15, 0.2) is 5.69 Å². The third kappa shape index (κ3) is 5.14. The molecule has 156 valence electrons. The topological polar surface area (TPSA) is 96.7 Å². The van der Waals surface area contributed by atoms with Crippen LogP contribution < -0.4 is 10.1 Å². The molecule has 29 heavy (non-hydrogen) atoms. The van der Waals surface area contributed by atoms with Gasteiger partial charge in [0.1, 0.15) is 11.4 Å². The van der Waals surface area contributed by atoms with Gasteiger partial charge >= 0.3 is 5.97 Å². The predicted molar refractivity (Wildman–Crippen MR) is 108 cm³/mol. The largest absolute Gasteiger partial charge is 0.497 e. The number of hydrogen-bond donors (Lipinski definition) is 2. The number of carboxylic acids is 1. The minimum Gasteiger partial charge on any atom is -0.497 e. The van der Waals surface area contributed by atoms with Crippen LogP contribution in [0.15, 0.2) is 30.3 Å². The van der Waals surface area contributed by atoms with E-state index in [2.05, 4.69) is 29.2 Å². The molecule has 1 fully saturated rings. The first-order valence-electron chi connectivity index (χ1n) is 9.86. The zero-order valence-electron chi connectivity index (χ0n) is 17.1. The molecule has 3 rings (SSSR count). The van der Waals surface area contributed by atoms with Crippen molar-refractivity contribution in [2.45, 2.75) is 45.3 Å². The number of hydrogen-bond acceptors (Lipinski definition) is 5. The van der Waals surface area contributed by atoms with E-state index >= 15 is 0 Å². The Morgan fingerprint density at radius 3 is 2.62 bits per heavy atom. The standard InChI is InChI=1S/C21H28N4O4/c1-14(2)24-9-7-16(8-10-24)22-20(26)19-12-18(21(27)28)23-25(19)13-15-5-4-6-17(11-15)29-3/h4-6,11-12,14,16H,7-10,13H2,1-3H3,(H,22,26)(H,27,28). The number of nitrogens with zero attached hydrogens (tertiary/aromatic N) is 3. The van der Waals surface area contributed by atoms with E-state index in [1.807, 2.05) is 24.3 Å². The maximum atomic E-state index is 12.9. The molecular formula is C21H28N4O4. The summed E-state index contributed by atoms with van der Waals surface area (Å²) in [4.78, 5) is 26.7. The Balaban J connectivity index is 1.75. The average molecular weight is 400 g/mol. The quantitative estimate of drug-likeness (QED) is 0.740. The number of likely N-dealkylation sites (tertiary alicyclic amines) is 1. The first kappa shape index (κ1) is 20.9. The third-order valence-electron chi connectivity index (χ3n) is 5.29. The predicted octanol–water partition coefficient (Wildman–Crippen LogP) is 2.24. The van der Waals surface area contributed by atoms with Gasteiger partial charge in [-0.25, -0.2) is 4.79 Å². The molecule has 2 heterocycles. The highest BCUT2D eigenvalue weighted by Gasteiger charge is 2.25. The molecule has 0 radical (unpaired) electrons. The van der Waals surface area contributed by atoms with Crippen molar-refractivity contribution in [2.24, 2.45) is 0 Å². The molecule has 0 spiro atoms. The van der Waals surface area contributed by atoms with Crippen LogP contribution in [-0.2, 0) is 6.54 Å². The van der Waals surface area contributed by atoms with Gasteiger partial charge in [-0.3, -0.25) is 9.48 Å². The summed E-state index contributed by atoms with van der Waals surface area (Å²) in [6.45, 7) is 6.49. The van der Waals surface area contributed by atoms with E-state index in [1.165, 1.54) is 10.7 Å². The Hall–Kier alpha value is -2.87. The Kier molecular flexibility index (Phi) is 6.53. The van der Waals surface area contributed by atoms with E-state index in [9.17, 15) is 14.7 Å². The van der Waals surface area contributed by atoms with E-state index < -0.39 is 5.97 Å². The SMILES string of the molecule is COc1cccc(Cn2nc(C(=O)O)cc2C(=O)NC2CCN(C(C)C)CC2)c1. The van der Waals surface area contributed by atoms with Gasteiger partial charge in [0, 0.05) is 31.2 Å². The Bertz CT molecular complexity index is 869. The summed E-state index contributed by atoms with van der Waals surface area (Å²) in [7, 11) is 1.58. The van der Waals surface area contributed by atoms with Crippen LogP contribution in [-0.4, -0.2) is 63.9 Å². The van der Waals surface area contributed by atoms with Crippen LogP contribution in [0.4, 0.5) is 0 Å². The van der Waals surface area contributed by atoms with Crippen LogP contribution in [0.2, 0.25) is 0 Å². The number of amides is 1. The van der Waals surface area contributed by atoms with E-state index in [1.54, 1.807) is 7.11 Å². The number of carbonyl (C=O) groups is 2. The summed E-state index contributed by atoms with van der Waals surface area (Å²) in [6.07, 6.45) is 1.75. The van der Waals surface area contributed by atoms with Crippen molar-refractivity contribution < 1.29 is 19.4 Å². The average Bonchev–Trinajstić information content (AvgIpc) is 3.13. The normalized spacial score (nSPS) is 15.4. The molecule has 1 amide bonds. The van der Waals surface area contributed by atoms with E-state index in [0.717, 1.165) is 31.5 Å². The molecule has 2 N–H and O–H groups in total. The summed E-state index contributed by atoms with van der Waals surface area (Å²) < 4.78 is 6.67. The van der Waals surface area contributed by atoms with Gasteiger partial charge in [-0.2, -0.15) is 5.10 Å². The van der Waals surface area contributed by atoms with E-state index in [-0.39, 0.29) is 29.9 Å². The summed E-state index contributed by atoms with van der Waals surface area (Å²) in [5.74, 6) is -0.763. The maximum Gasteiger partial charge on any atom is 0.356 e. The Morgan fingerprint density at radius 2 is 2.00 bits per heavy atom. The van der Waals surface area contributed by atoms with Gasteiger partial charge in [-0.1, -0.05) is 12.1 Å². The lowest BCUT2D eigenvalue weighted by Crippen LogP contribution is -2.46. The van der Waals surface area contributed by atoms with Crippen molar-refractivity contribution in [3.05, 3.63) is 47.3 Å². The fourth-order valence-electron chi connectivity index (χ4n) is 3.59. The molecule has 0 aliphatic carbocycles. The number of ether oxygens (including phenoxy) is 1. The molecule has 0 saturated carbocycles. The van der Waals surface area contributed by atoms with Crippen molar-refractivity contribution in [3.8, 4) is 5.75 Å². The second-order valence-corrected chi connectivity index (χ2v) is 7.61. The second-order valence-electron chi connectivity index (χ2n) is 7.61. The highest BCUT2D eigenvalue weighted by molar-refractivity contribution is 5.95. The smallest absolute Gasteiger partial charge is 0.356 e. The number of rotatable bonds is 7. The lowest BCUT2D eigenvalue weighted by atomic mass is 10.0. The lowest BCUT2D eigenvalue weighted by molar-refractivity contribution is 0.0689. The monoisotopic (exact) mass is 400 g/mol. The third-order valence-corrected chi connectivity index (χ3v) is 5.29. The minimum absolute atomic E-state index is 0.0750. The van der Waals surface area contributed by atoms with Crippen LogP contribution in [0.1, 0.15) is 53.2 Å². The van der Waals surface area contributed by atoms with Crippen LogP contribution in [0.3, 0.4) is 0 Å². The zero-order chi connectivity index (χ0) is 21.0. The number of aromatic carboxylic acids is 1. The zero-order valence-corrected chi connectivity index (χ0v) is 17.1. The summed E-state index contributed by atoms with van der Waals surface area (Å²) >= 11 is 0. The molecule has 8 heteroatoms. The number of methoxy groups -OCH3 is 1. The highest BCUT2D eigenvalue weighted by atomic mass is 16.5. The van der Waals surface area contributed by atoms with Gasteiger partial charge in [-0.15, -0.1) is 0 Å². The summed E-state index contributed by atoms with van der Waals surface area (Å²) in [5.41, 5.74) is 0.966. The Labute approximate surface area is 170 Å². The Morgan fingerprint density at radius 1 is 1.28 bits per heavy atom. The molecule has 0 unspecified atom stereocenters. The second kappa shape index (κ2) is 9.09. The molecule has 1 saturated heterocycles. The number of benzene rings is 1. The molecule has 1 aromatic carbocycles. The van der Waals surface area contributed by atoms with Crippen molar-refractivity contribution in [2.75, 3.05) is 20.2 Å². The number of aromatic nitrogens is 2. The number of carboxylic acid groups (broad SMARTS) is 1. The molecule has 2 aromatic rings. The van der Waals surface area contributed by atoms with Crippen LogP contribution >= 0.6 is 0 Å². The molecule has 1 aliphatic rings. The van der Waals surface area contributed by atoms with Gasteiger partial charge in [0.25, 0.3) is 5.91 Å². The molecule has 8 nitrogen and oxygen atoms in total. The number of carbonyl (C=O) groups excluding carboxylic acids is 1. The van der Waals surface area contributed by atoms with E-state index in [0.29, 0.717) is 11.8 Å². The maximum absolute atomic E-state index is 12.9. The molecular weight excluding hydrogens is 372 g/mol. The van der Waals surface area contributed by atoms with Crippen molar-refractivity contribution in [3.63, 3.8) is 0 Å². The van der Waals surface area contributed by atoms with Crippen molar-refractivity contribution in [1.29, 1.82) is 0 Å². The first-order chi connectivity index (χ1) is 13.9. The minimum atomic E-state index is -1.16. The van der Waals surface area contributed by atoms with Gasteiger partial charge in [0.05, 0.1) is 13.7 Å². The van der Waals surface area contributed by atoms with Crippen LogP contribution in [0.25, 0.3) is 0 Å². The molecule has 0 bridgehead atoms. The van der Waals surface area contributed by atoms with Crippen LogP contribution in [0.5, 0.6) is 5.75 Å². The summed E-state index contributed by atoms with van der Waals surface area (Å²) in [5, 5.41) is 16.5. The number of piperidine rings is 1. The fourth-order valence-corrected chi connectivity index (χ4v) is 3.59. The van der Waals surface area contributed by atoms with Gasteiger partial charge in [-0.05, 0) is 44.4 Å². The van der Waals surface area contributed by atoms with Gasteiger partial charge in [0.2, 0.25) is 0 Å². The number of nitrogens with one attached hydrogen (secondary N) is 1. The lowest BCUT2D eigenvalue weighted by Gasteiger charge is -2.34. The van der Waals surface area contributed by atoms with Crippen molar-refractivity contribution >= 4 is 11.9 Å². The highest BCUT2D eigenvalue weighted by Crippen LogP contribution is 2.17. The van der Waals surface area contributed by atoms with E-state index in [4.69, 9.17) is 4.74 Å². The van der Waals surface area contributed by atoms with Gasteiger partial charge < -0.3 is 20.1 Å². The van der Waals surface area contributed by atoms with Crippen molar-refractivity contribution in [1.82, 2.24) is 20.0 Å². The first-order valence-corrected chi connectivity index (χ1v) is 9.86. The molecule has 1 aliphatic heterocycles.